The van der Waals surface area contributed by atoms with Crippen molar-refractivity contribution in [3.8, 4) is 0 Å². The Morgan fingerprint density at radius 2 is 1.78 bits per heavy atom. The summed E-state index contributed by atoms with van der Waals surface area (Å²) in [7, 11) is 1.64. The van der Waals surface area contributed by atoms with Crippen molar-refractivity contribution in [2.75, 3.05) is 13.6 Å². The summed E-state index contributed by atoms with van der Waals surface area (Å²) in [5.74, 6) is -0.806. The lowest BCUT2D eigenvalue weighted by Gasteiger charge is -2.17. The van der Waals surface area contributed by atoms with Gasteiger partial charge in [0.15, 0.2) is 0 Å². The van der Waals surface area contributed by atoms with Gasteiger partial charge in [-0.1, -0.05) is 24.3 Å². The molecule has 0 unspecified atom stereocenters. The molecule has 2 aromatic rings. The summed E-state index contributed by atoms with van der Waals surface area (Å²) in [5, 5.41) is 2.62. The number of likely N-dealkylation sites (N-methyl/N-ethyl adjacent to an activating group) is 1. The summed E-state index contributed by atoms with van der Waals surface area (Å²) >= 11 is 2.08. The molecule has 2 amide bonds. The number of halogens is 2. The predicted molar refractivity (Wildman–Crippen MR) is 94.4 cm³/mol. The normalized spacial score (nSPS) is 10.2. The van der Waals surface area contributed by atoms with Crippen molar-refractivity contribution in [2.45, 2.75) is 6.54 Å². The average Bonchev–Trinajstić information content (AvgIpc) is 2.54. The molecule has 2 rings (SSSR count). The maximum absolute atomic E-state index is 12.9. The van der Waals surface area contributed by atoms with Gasteiger partial charge in [0.2, 0.25) is 5.91 Å². The average molecular weight is 426 g/mol. The van der Waals surface area contributed by atoms with E-state index in [1.54, 1.807) is 31.3 Å². The third-order valence-corrected chi connectivity index (χ3v) is 4.22. The van der Waals surface area contributed by atoms with E-state index < -0.39 is 0 Å². The van der Waals surface area contributed by atoms with Crippen LogP contribution in [0, 0.1) is 9.39 Å². The minimum atomic E-state index is -0.313. The standard InChI is InChI=1S/C17H16FIN2O2/c1-21(11-12-6-8-13(18)9-7-12)16(22)10-20-17(23)14-4-2-3-5-15(14)19/h2-9H,10-11H2,1H3,(H,20,23). The molecule has 0 aliphatic carbocycles. The van der Waals surface area contributed by atoms with Crippen LogP contribution in [0.5, 0.6) is 0 Å². The van der Waals surface area contributed by atoms with Crippen LogP contribution in [-0.2, 0) is 11.3 Å². The lowest BCUT2D eigenvalue weighted by atomic mass is 10.2. The molecule has 1 N–H and O–H groups in total. The van der Waals surface area contributed by atoms with E-state index in [9.17, 15) is 14.0 Å². The fourth-order valence-electron chi connectivity index (χ4n) is 1.98. The molecule has 4 nitrogen and oxygen atoms in total. The van der Waals surface area contributed by atoms with Crippen LogP contribution < -0.4 is 5.32 Å². The number of nitrogens with zero attached hydrogens (tertiary/aromatic N) is 1. The number of carbonyl (C=O) groups excluding carboxylic acids is 2. The first kappa shape index (κ1) is 17.4. The highest BCUT2D eigenvalue weighted by Gasteiger charge is 2.13. The van der Waals surface area contributed by atoms with Crippen LogP contribution in [0.1, 0.15) is 15.9 Å². The number of hydrogen-bond donors (Lipinski definition) is 1. The smallest absolute Gasteiger partial charge is 0.252 e. The molecule has 2 aromatic carbocycles. The lowest BCUT2D eigenvalue weighted by Crippen LogP contribution is -2.38. The van der Waals surface area contributed by atoms with Crippen LogP contribution >= 0.6 is 22.6 Å². The fourth-order valence-corrected chi connectivity index (χ4v) is 2.62. The molecule has 0 saturated heterocycles. The fraction of sp³-hybridized carbons (Fsp3) is 0.176. The molecule has 0 fully saturated rings. The Morgan fingerprint density at radius 1 is 1.13 bits per heavy atom. The van der Waals surface area contributed by atoms with Crippen LogP contribution in [0.2, 0.25) is 0 Å². The number of nitrogens with one attached hydrogen (secondary N) is 1. The highest BCUT2D eigenvalue weighted by atomic mass is 127. The Kier molecular flexibility index (Phi) is 6.09. The van der Waals surface area contributed by atoms with E-state index in [0.717, 1.165) is 9.13 Å². The minimum absolute atomic E-state index is 0.0818. The van der Waals surface area contributed by atoms with Crippen LogP contribution in [0.3, 0.4) is 0 Å². The van der Waals surface area contributed by atoms with Gasteiger partial charge in [-0.05, 0) is 52.4 Å². The number of carbonyl (C=O) groups is 2. The summed E-state index contributed by atoms with van der Waals surface area (Å²) in [6.45, 7) is 0.277. The van der Waals surface area contributed by atoms with Gasteiger partial charge in [-0.15, -0.1) is 0 Å². The van der Waals surface area contributed by atoms with Crippen molar-refractivity contribution in [3.05, 3.63) is 69.0 Å². The van der Waals surface area contributed by atoms with Crippen molar-refractivity contribution in [2.24, 2.45) is 0 Å². The quantitative estimate of drug-likeness (QED) is 0.748. The van der Waals surface area contributed by atoms with Gasteiger partial charge in [0.25, 0.3) is 5.91 Å². The maximum atomic E-state index is 12.9. The minimum Gasteiger partial charge on any atom is -0.343 e. The Bertz CT molecular complexity index is 704. The second kappa shape index (κ2) is 8.05. The zero-order valence-corrected chi connectivity index (χ0v) is 14.7. The van der Waals surface area contributed by atoms with Gasteiger partial charge in [-0.25, -0.2) is 4.39 Å². The van der Waals surface area contributed by atoms with Crippen molar-refractivity contribution < 1.29 is 14.0 Å². The SMILES string of the molecule is CN(Cc1ccc(F)cc1)C(=O)CNC(=O)c1ccccc1I. The molecule has 0 aliphatic heterocycles. The molecule has 0 aliphatic rings. The molecular weight excluding hydrogens is 410 g/mol. The lowest BCUT2D eigenvalue weighted by molar-refractivity contribution is -0.129. The zero-order valence-electron chi connectivity index (χ0n) is 12.6. The van der Waals surface area contributed by atoms with E-state index in [1.807, 2.05) is 12.1 Å². The van der Waals surface area contributed by atoms with E-state index in [1.165, 1.54) is 17.0 Å². The van der Waals surface area contributed by atoms with Gasteiger partial charge in [-0.2, -0.15) is 0 Å². The van der Waals surface area contributed by atoms with E-state index in [4.69, 9.17) is 0 Å². The number of hydrogen-bond acceptors (Lipinski definition) is 2. The first-order chi connectivity index (χ1) is 11.0. The molecule has 0 heterocycles. The number of amides is 2. The van der Waals surface area contributed by atoms with Crippen molar-refractivity contribution in [3.63, 3.8) is 0 Å². The van der Waals surface area contributed by atoms with E-state index in [2.05, 4.69) is 27.9 Å². The number of rotatable bonds is 5. The molecule has 23 heavy (non-hydrogen) atoms. The molecule has 0 spiro atoms. The van der Waals surface area contributed by atoms with Crippen LogP contribution in [0.25, 0.3) is 0 Å². The highest BCUT2D eigenvalue weighted by molar-refractivity contribution is 14.1. The van der Waals surface area contributed by atoms with Gasteiger partial charge >= 0.3 is 0 Å². The van der Waals surface area contributed by atoms with Crippen LogP contribution in [0.15, 0.2) is 48.5 Å². The molecule has 0 bridgehead atoms. The van der Waals surface area contributed by atoms with E-state index in [-0.39, 0.29) is 24.2 Å². The molecule has 0 radical (unpaired) electrons. The second-order valence-electron chi connectivity index (χ2n) is 5.04. The first-order valence-electron chi connectivity index (χ1n) is 6.98. The molecule has 120 valence electrons. The van der Waals surface area contributed by atoms with Crippen LogP contribution in [-0.4, -0.2) is 30.3 Å². The Labute approximate surface area is 147 Å². The monoisotopic (exact) mass is 426 g/mol. The Balaban J connectivity index is 1.87. The van der Waals surface area contributed by atoms with Crippen molar-refractivity contribution in [1.82, 2.24) is 10.2 Å². The van der Waals surface area contributed by atoms with E-state index >= 15 is 0 Å². The number of benzene rings is 2. The Hall–Kier alpha value is -1.96. The molecule has 0 aromatic heterocycles. The third kappa shape index (κ3) is 5.02. The van der Waals surface area contributed by atoms with Gasteiger partial charge in [0.05, 0.1) is 12.1 Å². The van der Waals surface area contributed by atoms with E-state index in [0.29, 0.717) is 12.1 Å². The summed E-state index contributed by atoms with van der Waals surface area (Å²) < 4.78 is 13.7. The third-order valence-electron chi connectivity index (χ3n) is 3.28. The molecule has 0 saturated carbocycles. The molecule has 6 heteroatoms. The summed E-state index contributed by atoms with van der Waals surface area (Å²) in [4.78, 5) is 25.6. The first-order valence-corrected chi connectivity index (χ1v) is 8.06. The largest absolute Gasteiger partial charge is 0.343 e. The summed E-state index contributed by atoms with van der Waals surface area (Å²) in [5.41, 5.74) is 1.37. The zero-order chi connectivity index (χ0) is 16.8. The molecular formula is C17H16FIN2O2. The van der Waals surface area contributed by atoms with Gasteiger partial charge in [0, 0.05) is 17.2 Å². The van der Waals surface area contributed by atoms with Gasteiger partial charge < -0.3 is 10.2 Å². The topological polar surface area (TPSA) is 49.4 Å². The predicted octanol–water partition coefficient (Wildman–Crippen LogP) is 2.82. The van der Waals surface area contributed by atoms with Gasteiger partial charge in [0.1, 0.15) is 5.82 Å². The summed E-state index contributed by atoms with van der Waals surface area (Å²) in [6.07, 6.45) is 0. The second-order valence-corrected chi connectivity index (χ2v) is 6.20. The summed E-state index contributed by atoms with van der Waals surface area (Å²) in [6, 6.07) is 13.1. The van der Waals surface area contributed by atoms with Crippen molar-refractivity contribution in [1.29, 1.82) is 0 Å². The highest BCUT2D eigenvalue weighted by Crippen LogP contribution is 2.11. The molecule has 0 atom stereocenters. The van der Waals surface area contributed by atoms with Crippen LogP contribution in [0.4, 0.5) is 4.39 Å². The van der Waals surface area contributed by atoms with Crippen molar-refractivity contribution >= 4 is 34.4 Å². The maximum Gasteiger partial charge on any atom is 0.252 e. The Morgan fingerprint density at radius 3 is 2.43 bits per heavy atom. The van der Waals surface area contributed by atoms with Gasteiger partial charge in [-0.3, -0.25) is 9.59 Å².